The topological polar surface area (TPSA) is 75.2 Å². The van der Waals surface area contributed by atoms with Crippen LogP contribution in [0.4, 0.5) is 5.95 Å². The molecule has 0 spiro atoms. The smallest absolute Gasteiger partial charge is 0.225 e. The van der Waals surface area contributed by atoms with Gasteiger partial charge in [0.2, 0.25) is 5.95 Å². The zero-order valence-electron chi connectivity index (χ0n) is 24.8. The van der Waals surface area contributed by atoms with Crippen LogP contribution >= 0.6 is 15.9 Å². The van der Waals surface area contributed by atoms with Crippen LogP contribution in [-0.4, -0.2) is 47.7 Å². The molecule has 6 nitrogen and oxygen atoms in total. The third-order valence-electron chi connectivity index (χ3n) is 7.89. The Hall–Kier alpha value is -2.90. The summed E-state index contributed by atoms with van der Waals surface area (Å²) in [4.78, 5) is 33.1. The van der Waals surface area contributed by atoms with E-state index in [0.29, 0.717) is 36.5 Å². The van der Waals surface area contributed by atoms with Crippen LogP contribution in [0.2, 0.25) is 0 Å². The van der Waals surface area contributed by atoms with E-state index in [2.05, 4.69) is 98.5 Å². The summed E-state index contributed by atoms with van der Waals surface area (Å²) in [6.07, 6.45) is 6.88. The van der Waals surface area contributed by atoms with E-state index < -0.39 is 0 Å². The van der Waals surface area contributed by atoms with Gasteiger partial charge in [-0.15, -0.1) is 0 Å². The summed E-state index contributed by atoms with van der Waals surface area (Å²) >= 11 is 3.36. The fourth-order valence-corrected chi connectivity index (χ4v) is 5.83. The first-order valence-electron chi connectivity index (χ1n) is 14.8. The third-order valence-corrected chi connectivity index (χ3v) is 8.30. The van der Waals surface area contributed by atoms with Crippen LogP contribution in [0, 0.1) is 11.8 Å². The van der Waals surface area contributed by atoms with Crippen LogP contribution < -0.4 is 10.2 Å². The average molecular weight is 620 g/mol. The number of rotatable bonds is 11. The fraction of sp³-hybridized carbons (Fsp3) is 0.471. The van der Waals surface area contributed by atoms with E-state index in [0.717, 1.165) is 49.4 Å². The minimum absolute atomic E-state index is 0.267. The molecule has 3 heterocycles. The highest BCUT2D eigenvalue weighted by Crippen LogP contribution is 2.30. The molecular weight excluding hydrogens is 576 g/mol. The van der Waals surface area contributed by atoms with Gasteiger partial charge in [-0.3, -0.25) is 0 Å². The maximum absolute atomic E-state index is 11.2. The molecule has 41 heavy (non-hydrogen) atoms. The van der Waals surface area contributed by atoms with Crippen molar-refractivity contribution in [2.24, 2.45) is 11.8 Å². The molecule has 7 heteroatoms. The monoisotopic (exact) mass is 618 g/mol. The highest BCUT2D eigenvalue weighted by atomic mass is 79.9. The largest absolute Gasteiger partial charge is 0.339 e. The molecule has 2 atom stereocenters. The first-order chi connectivity index (χ1) is 19.7. The number of hydrogen-bond acceptors (Lipinski definition) is 6. The van der Waals surface area contributed by atoms with Gasteiger partial charge in [0.15, 0.2) is 0 Å². The number of Topliss-reactive ketones (excluding diaryl/α,β-unsaturated/α-hetero) is 2. The number of halogens is 1. The van der Waals surface area contributed by atoms with Crippen LogP contribution in [0.5, 0.6) is 0 Å². The average Bonchev–Trinajstić information content (AvgIpc) is 2.85. The van der Waals surface area contributed by atoms with Crippen LogP contribution in [-0.2, 0) is 22.4 Å². The standard InChI is InChI=1S/C19H22BrN3O.C15H21NO/c1-13(7-14(2)24)8-15-3-5-16(6-4-15)17-11-23(12-17)19-21-9-18(20)10-22-19;1-11(7-12(2)17)8-13-3-5-14(6-4-13)15-9-16-10-15/h3-6,9-10,13,17H,7-8,11-12H2,1-2H3;3-6,11,15-16H,7-10H2,1-2H3. The molecule has 2 aliphatic heterocycles. The number of anilines is 1. The lowest BCUT2D eigenvalue weighted by atomic mass is 9.89. The van der Waals surface area contributed by atoms with Crippen molar-refractivity contribution in [3.8, 4) is 0 Å². The lowest BCUT2D eigenvalue weighted by Gasteiger charge is -2.39. The second-order valence-corrected chi connectivity index (χ2v) is 13.0. The van der Waals surface area contributed by atoms with Crippen molar-refractivity contribution in [3.63, 3.8) is 0 Å². The zero-order chi connectivity index (χ0) is 29.4. The number of carbonyl (C=O) groups excluding carboxylic acids is 2. The molecule has 2 fully saturated rings. The third kappa shape index (κ3) is 9.57. The summed E-state index contributed by atoms with van der Waals surface area (Å²) in [5.74, 6) is 3.45. The number of benzene rings is 2. The number of carbonyl (C=O) groups is 2. The van der Waals surface area contributed by atoms with Crippen molar-refractivity contribution < 1.29 is 9.59 Å². The highest BCUT2D eigenvalue weighted by Gasteiger charge is 2.29. The molecule has 0 bridgehead atoms. The second-order valence-electron chi connectivity index (χ2n) is 12.1. The van der Waals surface area contributed by atoms with Gasteiger partial charge < -0.3 is 19.8 Å². The van der Waals surface area contributed by atoms with E-state index in [1.165, 1.54) is 22.3 Å². The number of hydrogen-bond donors (Lipinski definition) is 1. The Bertz CT molecular complexity index is 1270. The summed E-state index contributed by atoms with van der Waals surface area (Å²) in [6.45, 7) is 11.8. The minimum Gasteiger partial charge on any atom is -0.339 e. The predicted molar refractivity (Wildman–Crippen MR) is 170 cm³/mol. The zero-order valence-corrected chi connectivity index (χ0v) is 26.4. The van der Waals surface area contributed by atoms with Crippen molar-refractivity contribution >= 4 is 33.4 Å². The molecule has 2 aromatic carbocycles. The molecule has 0 amide bonds. The molecule has 1 aromatic heterocycles. The van der Waals surface area contributed by atoms with Crippen molar-refractivity contribution in [1.29, 1.82) is 0 Å². The summed E-state index contributed by atoms with van der Waals surface area (Å²) in [5.41, 5.74) is 5.45. The van der Waals surface area contributed by atoms with Gasteiger partial charge in [-0.1, -0.05) is 62.4 Å². The Morgan fingerprint density at radius 2 is 1.24 bits per heavy atom. The van der Waals surface area contributed by atoms with Gasteiger partial charge in [-0.25, -0.2) is 9.97 Å². The molecule has 3 aromatic rings. The SMILES string of the molecule is CC(=O)CC(C)Cc1ccc(C2CN(c3ncc(Br)cn3)C2)cc1.CC(=O)CC(C)Cc1ccc(C2CNC2)cc1. The summed E-state index contributed by atoms with van der Waals surface area (Å²) < 4.78 is 0.901. The Morgan fingerprint density at radius 3 is 1.63 bits per heavy atom. The maximum Gasteiger partial charge on any atom is 0.225 e. The molecule has 5 rings (SSSR count). The molecular formula is C34H43BrN4O2. The Morgan fingerprint density at radius 1 is 0.805 bits per heavy atom. The van der Waals surface area contributed by atoms with Gasteiger partial charge >= 0.3 is 0 Å². The highest BCUT2D eigenvalue weighted by molar-refractivity contribution is 9.10. The van der Waals surface area contributed by atoms with E-state index >= 15 is 0 Å². The number of nitrogens with one attached hydrogen (secondary N) is 1. The fourth-order valence-electron chi connectivity index (χ4n) is 5.63. The molecule has 218 valence electrons. The van der Waals surface area contributed by atoms with Crippen LogP contribution in [0.1, 0.15) is 74.6 Å². The first kappa shape index (κ1) is 31.0. The summed E-state index contributed by atoms with van der Waals surface area (Å²) in [7, 11) is 0. The van der Waals surface area contributed by atoms with Crippen LogP contribution in [0.15, 0.2) is 65.4 Å². The molecule has 0 saturated carbocycles. The van der Waals surface area contributed by atoms with E-state index in [9.17, 15) is 9.59 Å². The van der Waals surface area contributed by atoms with Gasteiger partial charge in [0.1, 0.15) is 11.6 Å². The molecule has 0 aliphatic carbocycles. The molecule has 2 saturated heterocycles. The van der Waals surface area contributed by atoms with Crippen LogP contribution in [0.3, 0.4) is 0 Å². The van der Waals surface area contributed by atoms with E-state index in [1.807, 2.05) is 0 Å². The van der Waals surface area contributed by atoms with Gasteiger partial charge in [0, 0.05) is 63.3 Å². The first-order valence-corrected chi connectivity index (χ1v) is 15.5. The van der Waals surface area contributed by atoms with Gasteiger partial charge in [-0.2, -0.15) is 0 Å². The Kier molecular flexibility index (Phi) is 11.2. The second kappa shape index (κ2) is 14.8. The summed E-state index contributed by atoms with van der Waals surface area (Å²) in [6, 6.07) is 17.7. The van der Waals surface area contributed by atoms with Crippen molar-refractivity contribution in [2.75, 3.05) is 31.1 Å². The summed E-state index contributed by atoms with van der Waals surface area (Å²) in [5, 5.41) is 3.29. The van der Waals surface area contributed by atoms with Crippen LogP contribution in [0.25, 0.3) is 0 Å². The maximum atomic E-state index is 11.2. The number of aromatic nitrogens is 2. The molecule has 2 aliphatic rings. The van der Waals surface area contributed by atoms with Gasteiger partial charge in [-0.05, 0) is 76.7 Å². The number of ketones is 2. The lowest BCUT2D eigenvalue weighted by Crippen LogP contribution is -2.45. The molecule has 1 N–H and O–H groups in total. The van der Waals surface area contributed by atoms with Crippen molar-refractivity contribution in [1.82, 2.24) is 15.3 Å². The lowest BCUT2D eigenvalue weighted by molar-refractivity contribution is -0.118. The Balaban J connectivity index is 0.000000201. The van der Waals surface area contributed by atoms with E-state index in [1.54, 1.807) is 26.2 Å². The van der Waals surface area contributed by atoms with E-state index in [-0.39, 0.29) is 11.6 Å². The van der Waals surface area contributed by atoms with Gasteiger partial charge in [0.25, 0.3) is 0 Å². The number of nitrogens with zero attached hydrogens (tertiary/aromatic N) is 3. The van der Waals surface area contributed by atoms with Crippen molar-refractivity contribution in [3.05, 3.63) is 87.7 Å². The Labute approximate surface area is 253 Å². The molecule has 0 radical (unpaired) electrons. The van der Waals surface area contributed by atoms with Crippen molar-refractivity contribution in [2.45, 2.75) is 65.2 Å². The predicted octanol–water partition coefficient (Wildman–Crippen LogP) is 6.53. The quantitative estimate of drug-likeness (QED) is 0.263. The minimum atomic E-state index is 0.267. The molecule has 2 unspecified atom stereocenters. The van der Waals surface area contributed by atoms with E-state index in [4.69, 9.17) is 0 Å². The normalized spacial score (nSPS) is 16.6. The van der Waals surface area contributed by atoms with Gasteiger partial charge in [0.05, 0.1) is 4.47 Å².